The molecule has 6 nitrogen and oxygen atoms in total. The number of sulfonamides is 1. The average molecular weight is 252 g/mol. The topological polar surface area (TPSA) is 98.5 Å². The summed E-state index contributed by atoms with van der Waals surface area (Å²) in [7, 11) is -2.58. The number of nitrogens with one attached hydrogen (secondary N) is 1. The minimum absolute atomic E-state index is 0.0598. The maximum atomic E-state index is 11.7. The minimum Gasteiger partial charge on any atom is -0.468 e. The van der Waals surface area contributed by atoms with Crippen LogP contribution in [0.15, 0.2) is 0 Å². The molecule has 0 spiro atoms. The van der Waals surface area contributed by atoms with Crippen LogP contribution in [0.25, 0.3) is 0 Å². The van der Waals surface area contributed by atoms with Gasteiger partial charge in [-0.05, 0) is 12.8 Å². The Balaban J connectivity index is 4.74. The number of esters is 1. The molecule has 2 atom stereocenters. The normalized spacial score (nSPS) is 15.9. The van der Waals surface area contributed by atoms with Crippen LogP contribution in [-0.4, -0.2) is 39.3 Å². The Morgan fingerprint density at radius 2 is 1.88 bits per heavy atom. The molecule has 0 aromatic heterocycles. The Hall–Kier alpha value is -0.660. The Kier molecular flexibility index (Phi) is 5.91. The van der Waals surface area contributed by atoms with Gasteiger partial charge in [-0.15, -0.1) is 0 Å². The standard InChI is InChI=1S/C9H20N2O4S/c1-6(2)8(5-10)11-16(13,14)7(3)9(12)15-4/h6-8,11H,5,10H2,1-4H3. The molecule has 3 N–H and O–H groups in total. The number of nitrogens with two attached hydrogens (primary N) is 1. The second kappa shape index (κ2) is 6.17. The molecule has 0 rings (SSSR count). The lowest BCUT2D eigenvalue weighted by molar-refractivity contribution is -0.139. The molecule has 0 fully saturated rings. The van der Waals surface area contributed by atoms with Gasteiger partial charge in [0.1, 0.15) is 0 Å². The highest BCUT2D eigenvalue weighted by Gasteiger charge is 2.31. The van der Waals surface area contributed by atoms with Crippen LogP contribution in [0, 0.1) is 5.92 Å². The molecule has 0 saturated heterocycles. The van der Waals surface area contributed by atoms with Gasteiger partial charge >= 0.3 is 5.97 Å². The Bertz CT molecular complexity index is 326. The number of carbonyl (C=O) groups is 1. The van der Waals surface area contributed by atoms with E-state index in [4.69, 9.17) is 5.73 Å². The zero-order valence-electron chi connectivity index (χ0n) is 10.1. The number of ether oxygens (including phenoxy) is 1. The molecule has 96 valence electrons. The Morgan fingerprint density at radius 1 is 1.38 bits per heavy atom. The first-order chi connectivity index (χ1) is 7.26. The monoisotopic (exact) mass is 252 g/mol. The molecule has 16 heavy (non-hydrogen) atoms. The number of hydrogen-bond acceptors (Lipinski definition) is 5. The lowest BCUT2D eigenvalue weighted by Gasteiger charge is -2.22. The molecule has 0 bridgehead atoms. The summed E-state index contributed by atoms with van der Waals surface area (Å²) in [4.78, 5) is 11.1. The van der Waals surface area contributed by atoms with Gasteiger partial charge < -0.3 is 10.5 Å². The first-order valence-electron chi connectivity index (χ1n) is 5.05. The largest absolute Gasteiger partial charge is 0.468 e. The van der Waals surface area contributed by atoms with Crippen LogP contribution in [0.2, 0.25) is 0 Å². The van der Waals surface area contributed by atoms with Crippen LogP contribution in [0.3, 0.4) is 0 Å². The first-order valence-corrected chi connectivity index (χ1v) is 6.60. The summed E-state index contributed by atoms with van der Waals surface area (Å²) in [6, 6.07) is -0.378. The maximum absolute atomic E-state index is 11.7. The smallest absolute Gasteiger partial charge is 0.325 e. The molecule has 0 saturated carbocycles. The van der Waals surface area contributed by atoms with E-state index in [1.54, 1.807) is 0 Å². The van der Waals surface area contributed by atoms with Gasteiger partial charge in [0.2, 0.25) is 10.0 Å². The molecular weight excluding hydrogens is 232 g/mol. The first kappa shape index (κ1) is 15.3. The third kappa shape index (κ3) is 4.07. The van der Waals surface area contributed by atoms with Crippen molar-refractivity contribution >= 4 is 16.0 Å². The van der Waals surface area contributed by atoms with E-state index in [0.29, 0.717) is 0 Å². The summed E-state index contributed by atoms with van der Waals surface area (Å²) in [5.74, 6) is -0.725. The fourth-order valence-electron chi connectivity index (χ4n) is 1.06. The number of carbonyl (C=O) groups excluding carboxylic acids is 1. The van der Waals surface area contributed by atoms with Crippen molar-refractivity contribution in [1.82, 2.24) is 4.72 Å². The van der Waals surface area contributed by atoms with E-state index >= 15 is 0 Å². The van der Waals surface area contributed by atoms with Crippen molar-refractivity contribution in [2.24, 2.45) is 11.7 Å². The SMILES string of the molecule is COC(=O)C(C)S(=O)(=O)NC(CN)C(C)C. The third-order valence-electron chi connectivity index (χ3n) is 2.37. The molecule has 0 amide bonds. The quantitative estimate of drug-likeness (QED) is 0.618. The molecule has 0 aromatic rings. The van der Waals surface area contributed by atoms with E-state index in [1.165, 1.54) is 6.92 Å². The number of methoxy groups -OCH3 is 1. The van der Waals surface area contributed by atoms with Crippen LogP contribution < -0.4 is 10.5 Å². The number of rotatable bonds is 6. The minimum atomic E-state index is -3.73. The molecule has 0 aliphatic carbocycles. The van der Waals surface area contributed by atoms with E-state index in [0.717, 1.165) is 7.11 Å². The van der Waals surface area contributed by atoms with Gasteiger partial charge in [0, 0.05) is 12.6 Å². The van der Waals surface area contributed by atoms with Gasteiger partial charge in [0.05, 0.1) is 7.11 Å². The molecule has 2 unspecified atom stereocenters. The van der Waals surface area contributed by atoms with Crippen molar-refractivity contribution < 1.29 is 17.9 Å². The van der Waals surface area contributed by atoms with E-state index < -0.39 is 21.2 Å². The fourth-order valence-corrected chi connectivity index (χ4v) is 2.41. The molecule has 0 radical (unpaired) electrons. The average Bonchev–Trinajstić information content (AvgIpc) is 2.23. The van der Waals surface area contributed by atoms with Crippen LogP contribution in [0.4, 0.5) is 0 Å². The predicted molar refractivity (Wildman–Crippen MR) is 61.2 cm³/mol. The van der Waals surface area contributed by atoms with Crippen molar-refractivity contribution in [3.63, 3.8) is 0 Å². The lowest BCUT2D eigenvalue weighted by Crippen LogP contribution is -2.48. The summed E-state index contributed by atoms with van der Waals surface area (Å²) in [6.45, 7) is 5.17. The highest BCUT2D eigenvalue weighted by Crippen LogP contribution is 2.06. The molecule has 0 aliphatic rings. The van der Waals surface area contributed by atoms with Crippen molar-refractivity contribution in [3.05, 3.63) is 0 Å². The van der Waals surface area contributed by atoms with Crippen LogP contribution in [0.1, 0.15) is 20.8 Å². The van der Waals surface area contributed by atoms with E-state index in [9.17, 15) is 13.2 Å². The maximum Gasteiger partial charge on any atom is 0.325 e. The highest BCUT2D eigenvalue weighted by atomic mass is 32.2. The van der Waals surface area contributed by atoms with Crippen molar-refractivity contribution in [1.29, 1.82) is 0 Å². The summed E-state index contributed by atoms with van der Waals surface area (Å²) < 4.78 is 30.3. The second-order valence-electron chi connectivity index (χ2n) is 3.91. The summed E-state index contributed by atoms with van der Waals surface area (Å²) in [5.41, 5.74) is 5.45. The Labute approximate surface area is 96.6 Å². The predicted octanol–water partition coefficient (Wildman–Crippen LogP) is -0.549. The van der Waals surface area contributed by atoms with Gasteiger partial charge in [-0.1, -0.05) is 13.8 Å². The van der Waals surface area contributed by atoms with Gasteiger partial charge in [-0.25, -0.2) is 13.1 Å². The molecular formula is C9H20N2O4S. The third-order valence-corrected chi connectivity index (χ3v) is 4.13. The highest BCUT2D eigenvalue weighted by molar-refractivity contribution is 7.90. The van der Waals surface area contributed by atoms with Gasteiger partial charge in [0.15, 0.2) is 5.25 Å². The molecule has 7 heteroatoms. The van der Waals surface area contributed by atoms with Crippen molar-refractivity contribution in [2.45, 2.75) is 32.1 Å². The zero-order valence-corrected chi connectivity index (χ0v) is 10.9. The van der Waals surface area contributed by atoms with Gasteiger partial charge in [0.25, 0.3) is 0 Å². The van der Waals surface area contributed by atoms with E-state index in [1.807, 2.05) is 13.8 Å². The zero-order chi connectivity index (χ0) is 12.9. The second-order valence-corrected chi connectivity index (χ2v) is 5.95. The summed E-state index contributed by atoms with van der Waals surface area (Å²) in [5, 5.41) is -1.23. The molecule has 0 heterocycles. The fraction of sp³-hybridized carbons (Fsp3) is 0.889. The number of hydrogen-bond donors (Lipinski definition) is 2. The van der Waals surface area contributed by atoms with Crippen molar-refractivity contribution in [2.75, 3.05) is 13.7 Å². The summed E-state index contributed by atoms with van der Waals surface area (Å²) >= 11 is 0. The van der Waals surface area contributed by atoms with Crippen LogP contribution in [0.5, 0.6) is 0 Å². The summed E-state index contributed by atoms with van der Waals surface area (Å²) in [6.07, 6.45) is 0. The van der Waals surface area contributed by atoms with E-state index in [2.05, 4.69) is 9.46 Å². The lowest BCUT2D eigenvalue weighted by atomic mass is 10.1. The van der Waals surface area contributed by atoms with Crippen LogP contribution >= 0.6 is 0 Å². The molecule has 0 aromatic carbocycles. The van der Waals surface area contributed by atoms with E-state index in [-0.39, 0.29) is 18.5 Å². The van der Waals surface area contributed by atoms with Crippen molar-refractivity contribution in [3.8, 4) is 0 Å². The molecule has 0 aliphatic heterocycles. The van der Waals surface area contributed by atoms with Crippen LogP contribution in [-0.2, 0) is 19.6 Å². The van der Waals surface area contributed by atoms with Gasteiger partial charge in [-0.2, -0.15) is 0 Å². The van der Waals surface area contributed by atoms with Gasteiger partial charge in [-0.3, -0.25) is 4.79 Å². The Morgan fingerprint density at radius 3 is 2.19 bits per heavy atom.